The third-order valence-electron chi connectivity index (χ3n) is 1.67. The molecule has 0 saturated heterocycles. The van der Waals surface area contributed by atoms with Gasteiger partial charge in [-0.25, -0.2) is 4.79 Å². The van der Waals surface area contributed by atoms with Crippen LogP contribution in [0.15, 0.2) is 36.2 Å². The number of hydrogen-bond donors (Lipinski definition) is 2. The van der Waals surface area contributed by atoms with Crippen LogP contribution >= 0.6 is 11.6 Å². The van der Waals surface area contributed by atoms with Crippen molar-refractivity contribution >= 4 is 23.3 Å². The molecule has 0 bridgehead atoms. The number of halogens is 1. The van der Waals surface area contributed by atoms with Crippen LogP contribution in [0, 0.1) is 0 Å². The molecule has 0 aliphatic carbocycles. The Morgan fingerprint density at radius 3 is 3.00 bits per heavy atom. The molecule has 0 radical (unpaired) electrons. The molecule has 0 unspecified atom stereocenters. The molecule has 0 atom stereocenters. The molecule has 5 heteroatoms. The van der Waals surface area contributed by atoms with Crippen LogP contribution in [-0.4, -0.2) is 12.6 Å². The van der Waals surface area contributed by atoms with Crippen LogP contribution in [-0.2, 0) is 9.53 Å². The van der Waals surface area contributed by atoms with Gasteiger partial charge < -0.3 is 15.8 Å². The lowest BCUT2D eigenvalue weighted by atomic mass is 10.3. The van der Waals surface area contributed by atoms with Gasteiger partial charge in [-0.05, 0) is 25.1 Å². The Labute approximate surface area is 99.0 Å². The maximum absolute atomic E-state index is 11.1. The van der Waals surface area contributed by atoms with Gasteiger partial charge in [-0.3, -0.25) is 0 Å². The first-order chi connectivity index (χ1) is 7.61. The van der Waals surface area contributed by atoms with Crippen LogP contribution in [0.3, 0.4) is 0 Å². The fourth-order valence-corrected chi connectivity index (χ4v) is 1.27. The lowest BCUT2D eigenvalue weighted by Gasteiger charge is -2.06. The Hall–Kier alpha value is -1.68. The van der Waals surface area contributed by atoms with Gasteiger partial charge >= 0.3 is 5.97 Å². The van der Waals surface area contributed by atoms with Gasteiger partial charge in [0.15, 0.2) is 0 Å². The molecule has 0 heterocycles. The molecule has 3 N–H and O–H groups in total. The smallest absolute Gasteiger partial charge is 0.334 e. The summed E-state index contributed by atoms with van der Waals surface area (Å²) in [6.45, 7) is 2.05. The second-order valence-electron chi connectivity index (χ2n) is 2.99. The van der Waals surface area contributed by atoms with Crippen molar-refractivity contribution < 1.29 is 9.53 Å². The fourth-order valence-electron chi connectivity index (χ4n) is 1.08. The van der Waals surface area contributed by atoms with Gasteiger partial charge in [0.05, 0.1) is 12.7 Å². The summed E-state index contributed by atoms with van der Waals surface area (Å²) in [5.74, 6) is -0.268. The average Bonchev–Trinajstić information content (AvgIpc) is 2.17. The van der Waals surface area contributed by atoms with Crippen LogP contribution in [0.4, 0.5) is 5.69 Å². The second-order valence-corrected chi connectivity index (χ2v) is 3.42. The number of benzene rings is 1. The normalized spacial score (nSPS) is 11.0. The van der Waals surface area contributed by atoms with Crippen LogP contribution in [0.25, 0.3) is 0 Å². The molecule has 16 heavy (non-hydrogen) atoms. The van der Waals surface area contributed by atoms with E-state index in [1.54, 1.807) is 31.2 Å². The molecule has 4 nitrogen and oxygen atoms in total. The van der Waals surface area contributed by atoms with Crippen molar-refractivity contribution in [2.24, 2.45) is 5.73 Å². The molecule has 1 aromatic carbocycles. The van der Waals surface area contributed by atoms with Gasteiger partial charge in [-0.2, -0.15) is 0 Å². The van der Waals surface area contributed by atoms with E-state index in [4.69, 9.17) is 22.1 Å². The topological polar surface area (TPSA) is 64.3 Å². The molecule has 0 aliphatic rings. The first-order valence-electron chi connectivity index (χ1n) is 4.78. The molecule has 0 aliphatic heterocycles. The minimum atomic E-state index is -0.477. The van der Waals surface area contributed by atoms with E-state index in [1.165, 1.54) is 6.08 Å². The summed E-state index contributed by atoms with van der Waals surface area (Å²) in [7, 11) is 0. The Balaban J connectivity index is 2.63. The molecular weight excluding hydrogens is 228 g/mol. The Bertz CT molecular complexity index is 405. The van der Waals surface area contributed by atoms with Gasteiger partial charge in [-0.1, -0.05) is 17.7 Å². The highest BCUT2D eigenvalue weighted by atomic mass is 35.5. The highest BCUT2D eigenvalue weighted by molar-refractivity contribution is 6.30. The molecule has 1 rings (SSSR count). The Morgan fingerprint density at radius 2 is 2.38 bits per heavy atom. The van der Waals surface area contributed by atoms with E-state index >= 15 is 0 Å². The van der Waals surface area contributed by atoms with E-state index in [9.17, 15) is 4.79 Å². The third kappa shape index (κ3) is 4.23. The predicted octanol–water partition coefficient (Wildman–Crippen LogP) is 2.12. The van der Waals surface area contributed by atoms with Crippen molar-refractivity contribution in [1.29, 1.82) is 0 Å². The molecule has 0 saturated carbocycles. The van der Waals surface area contributed by atoms with Gasteiger partial charge in [0.1, 0.15) is 5.82 Å². The van der Waals surface area contributed by atoms with Crippen molar-refractivity contribution in [2.45, 2.75) is 6.92 Å². The molecule has 1 aromatic rings. The SMILES string of the molecule is CCOC(=O)/C=C(\N)Nc1cccc(Cl)c1. The largest absolute Gasteiger partial charge is 0.463 e. The molecule has 86 valence electrons. The number of anilines is 1. The minimum absolute atomic E-state index is 0.209. The Kier molecular flexibility index (Phi) is 4.66. The zero-order chi connectivity index (χ0) is 12.0. The maximum Gasteiger partial charge on any atom is 0.334 e. The monoisotopic (exact) mass is 240 g/mol. The lowest BCUT2D eigenvalue weighted by Crippen LogP contribution is -2.12. The fraction of sp³-hybridized carbons (Fsp3) is 0.182. The number of rotatable bonds is 4. The second kappa shape index (κ2) is 6.02. The van der Waals surface area contributed by atoms with Crippen molar-refractivity contribution in [3.63, 3.8) is 0 Å². The first-order valence-corrected chi connectivity index (χ1v) is 5.16. The minimum Gasteiger partial charge on any atom is -0.463 e. The number of esters is 1. The summed E-state index contributed by atoms with van der Waals surface area (Å²) in [5, 5.41) is 3.42. The van der Waals surface area contributed by atoms with E-state index in [-0.39, 0.29) is 5.82 Å². The van der Waals surface area contributed by atoms with Crippen LogP contribution in [0.1, 0.15) is 6.92 Å². The molecule has 0 aromatic heterocycles. The molecule has 0 spiro atoms. The summed E-state index contributed by atoms with van der Waals surface area (Å²) < 4.78 is 4.71. The summed E-state index contributed by atoms with van der Waals surface area (Å²) >= 11 is 5.79. The van der Waals surface area contributed by atoms with Crippen LogP contribution in [0.2, 0.25) is 5.02 Å². The number of ether oxygens (including phenoxy) is 1. The molecular formula is C11H13ClN2O2. The van der Waals surface area contributed by atoms with Gasteiger partial charge in [0.25, 0.3) is 0 Å². The Morgan fingerprint density at radius 1 is 1.62 bits per heavy atom. The summed E-state index contributed by atoms with van der Waals surface area (Å²) in [6.07, 6.45) is 1.18. The summed E-state index contributed by atoms with van der Waals surface area (Å²) in [6, 6.07) is 7.02. The molecule has 0 amide bonds. The van der Waals surface area contributed by atoms with Crippen molar-refractivity contribution in [3.05, 3.63) is 41.2 Å². The van der Waals surface area contributed by atoms with Crippen LogP contribution < -0.4 is 11.1 Å². The number of nitrogens with two attached hydrogens (primary N) is 1. The summed E-state index contributed by atoms with van der Waals surface area (Å²) in [5.41, 5.74) is 6.31. The average molecular weight is 241 g/mol. The lowest BCUT2D eigenvalue weighted by molar-refractivity contribution is -0.137. The first kappa shape index (κ1) is 12.4. The quantitative estimate of drug-likeness (QED) is 0.625. The summed E-state index contributed by atoms with van der Waals surface area (Å²) in [4.78, 5) is 11.1. The third-order valence-corrected chi connectivity index (χ3v) is 1.91. The van der Waals surface area contributed by atoms with E-state index in [1.807, 2.05) is 0 Å². The number of carbonyl (C=O) groups is 1. The number of nitrogens with one attached hydrogen (secondary N) is 1. The van der Waals surface area contributed by atoms with Crippen molar-refractivity contribution in [1.82, 2.24) is 0 Å². The standard InChI is InChI=1S/C11H13ClN2O2/c1-2-16-11(15)7-10(13)14-9-5-3-4-8(12)6-9/h3-7,14H,2,13H2,1H3/b10-7+. The van der Waals surface area contributed by atoms with E-state index in [0.29, 0.717) is 17.3 Å². The number of carbonyl (C=O) groups excluding carboxylic acids is 1. The van der Waals surface area contributed by atoms with Crippen molar-refractivity contribution in [3.8, 4) is 0 Å². The van der Waals surface area contributed by atoms with E-state index in [0.717, 1.165) is 0 Å². The van der Waals surface area contributed by atoms with E-state index in [2.05, 4.69) is 5.32 Å². The zero-order valence-electron chi connectivity index (χ0n) is 8.87. The maximum atomic E-state index is 11.1. The number of hydrogen-bond acceptors (Lipinski definition) is 4. The highest BCUT2D eigenvalue weighted by Crippen LogP contribution is 2.15. The zero-order valence-corrected chi connectivity index (χ0v) is 9.62. The van der Waals surface area contributed by atoms with Gasteiger partial charge in [-0.15, -0.1) is 0 Å². The van der Waals surface area contributed by atoms with Crippen LogP contribution in [0.5, 0.6) is 0 Å². The highest BCUT2D eigenvalue weighted by Gasteiger charge is 1.99. The van der Waals surface area contributed by atoms with E-state index < -0.39 is 5.97 Å². The van der Waals surface area contributed by atoms with Gasteiger partial charge in [0, 0.05) is 10.7 Å². The molecule has 0 fully saturated rings. The predicted molar refractivity (Wildman–Crippen MR) is 64.0 cm³/mol. The van der Waals surface area contributed by atoms with Gasteiger partial charge in [0.2, 0.25) is 0 Å². The van der Waals surface area contributed by atoms with Crippen molar-refractivity contribution in [2.75, 3.05) is 11.9 Å².